The summed E-state index contributed by atoms with van der Waals surface area (Å²) in [5.74, 6) is -0.332. The normalized spacial score (nSPS) is 17.5. The number of nitrogens with one attached hydrogen (secondary N) is 1. The smallest absolute Gasteiger partial charge is 0.243 e. The maximum absolute atomic E-state index is 13.3. The molecule has 176 valence electrons. The van der Waals surface area contributed by atoms with Gasteiger partial charge in [0.15, 0.2) is 0 Å². The second-order valence-electron chi connectivity index (χ2n) is 8.47. The van der Waals surface area contributed by atoms with Crippen LogP contribution in [0.5, 0.6) is 0 Å². The number of rotatable bonds is 5. The highest BCUT2D eigenvalue weighted by molar-refractivity contribution is 7.89. The number of amides is 2. The van der Waals surface area contributed by atoms with Crippen molar-refractivity contribution in [1.82, 2.24) is 4.31 Å². The SMILES string of the molecule is CCC(=O)N1CCCc2cc(S(=O)(=O)N3CCC(C(=O)Nc4cccc(Cl)c4)CC3)ccc21. The molecule has 2 aromatic rings. The van der Waals surface area contributed by atoms with E-state index in [1.165, 1.54) is 4.31 Å². The van der Waals surface area contributed by atoms with Crippen molar-refractivity contribution in [1.29, 1.82) is 0 Å². The van der Waals surface area contributed by atoms with Crippen LogP contribution in [0.3, 0.4) is 0 Å². The zero-order valence-electron chi connectivity index (χ0n) is 18.6. The first kappa shape index (κ1) is 23.7. The molecule has 1 fully saturated rings. The van der Waals surface area contributed by atoms with E-state index in [1.54, 1.807) is 47.4 Å². The van der Waals surface area contributed by atoms with Crippen LogP contribution in [0.25, 0.3) is 0 Å². The quantitative estimate of drug-likeness (QED) is 0.685. The zero-order valence-corrected chi connectivity index (χ0v) is 20.2. The monoisotopic (exact) mass is 489 g/mol. The van der Waals surface area contributed by atoms with Crippen LogP contribution in [-0.4, -0.2) is 44.2 Å². The minimum atomic E-state index is -3.67. The minimum absolute atomic E-state index is 0.0460. The number of carbonyl (C=O) groups is 2. The lowest BCUT2D eigenvalue weighted by molar-refractivity contribution is -0.121. The molecule has 0 bridgehead atoms. The lowest BCUT2D eigenvalue weighted by Gasteiger charge is -2.32. The van der Waals surface area contributed by atoms with Gasteiger partial charge in [0.05, 0.1) is 4.90 Å². The van der Waals surface area contributed by atoms with Crippen molar-refractivity contribution >= 4 is 44.8 Å². The Morgan fingerprint density at radius 3 is 2.55 bits per heavy atom. The molecule has 0 radical (unpaired) electrons. The molecule has 1 saturated heterocycles. The largest absolute Gasteiger partial charge is 0.326 e. The predicted octanol–water partition coefficient (Wildman–Crippen LogP) is 4.07. The van der Waals surface area contributed by atoms with Gasteiger partial charge in [0.2, 0.25) is 21.8 Å². The molecule has 2 amide bonds. The van der Waals surface area contributed by atoms with Gasteiger partial charge in [-0.05, 0) is 67.6 Å². The molecule has 9 heteroatoms. The second kappa shape index (κ2) is 9.83. The van der Waals surface area contributed by atoms with E-state index >= 15 is 0 Å². The molecule has 2 aliphatic heterocycles. The molecule has 7 nitrogen and oxygen atoms in total. The Hall–Kier alpha value is -2.42. The molecule has 0 spiro atoms. The summed E-state index contributed by atoms with van der Waals surface area (Å²) in [5, 5.41) is 3.41. The number of sulfonamides is 1. The Kier molecular flexibility index (Phi) is 7.07. The molecule has 1 N–H and O–H groups in total. The van der Waals surface area contributed by atoms with E-state index in [9.17, 15) is 18.0 Å². The van der Waals surface area contributed by atoms with E-state index in [2.05, 4.69) is 5.32 Å². The minimum Gasteiger partial charge on any atom is -0.326 e. The van der Waals surface area contributed by atoms with Gasteiger partial charge in [-0.3, -0.25) is 9.59 Å². The van der Waals surface area contributed by atoms with Crippen molar-refractivity contribution in [2.75, 3.05) is 29.9 Å². The Labute approximate surface area is 199 Å². The van der Waals surface area contributed by atoms with E-state index < -0.39 is 10.0 Å². The Morgan fingerprint density at radius 1 is 1.09 bits per heavy atom. The summed E-state index contributed by atoms with van der Waals surface area (Å²) in [6.45, 7) is 3.06. The van der Waals surface area contributed by atoms with Gasteiger partial charge >= 0.3 is 0 Å². The van der Waals surface area contributed by atoms with Gasteiger partial charge in [-0.2, -0.15) is 4.31 Å². The van der Waals surface area contributed by atoms with Gasteiger partial charge in [0.1, 0.15) is 0 Å². The lowest BCUT2D eigenvalue weighted by atomic mass is 9.97. The van der Waals surface area contributed by atoms with Gasteiger partial charge in [-0.15, -0.1) is 0 Å². The van der Waals surface area contributed by atoms with Crippen molar-refractivity contribution in [3.63, 3.8) is 0 Å². The first-order valence-corrected chi connectivity index (χ1v) is 13.1. The van der Waals surface area contributed by atoms with Gasteiger partial charge in [-0.1, -0.05) is 24.6 Å². The van der Waals surface area contributed by atoms with E-state index in [1.807, 2.05) is 6.92 Å². The standard InChI is InChI=1S/C24H28ClN3O4S/c1-2-23(29)28-12-4-5-18-15-21(8-9-22(18)28)33(31,32)27-13-10-17(11-14-27)24(30)26-20-7-3-6-19(25)16-20/h3,6-9,15-17H,2,4-5,10-14H2,1H3,(H,26,30). The van der Waals surface area contributed by atoms with Crippen LogP contribution >= 0.6 is 11.6 Å². The average molecular weight is 490 g/mol. The number of halogens is 1. The zero-order chi connectivity index (χ0) is 23.6. The average Bonchev–Trinajstić information content (AvgIpc) is 2.82. The number of hydrogen-bond acceptors (Lipinski definition) is 4. The number of aryl methyl sites for hydroxylation is 1. The van der Waals surface area contributed by atoms with E-state index in [0.717, 1.165) is 24.1 Å². The molecular weight excluding hydrogens is 462 g/mol. The predicted molar refractivity (Wildman–Crippen MR) is 129 cm³/mol. The highest BCUT2D eigenvalue weighted by Gasteiger charge is 2.33. The number of hydrogen-bond donors (Lipinski definition) is 1. The van der Waals surface area contributed by atoms with Crippen molar-refractivity contribution < 1.29 is 18.0 Å². The Balaban J connectivity index is 1.43. The highest BCUT2D eigenvalue weighted by atomic mass is 35.5. The number of nitrogens with zero attached hydrogens (tertiary/aromatic N) is 2. The molecule has 4 rings (SSSR count). The molecule has 0 unspecified atom stereocenters. The molecule has 33 heavy (non-hydrogen) atoms. The molecule has 0 aromatic heterocycles. The summed E-state index contributed by atoms with van der Waals surface area (Å²) in [5.41, 5.74) is 2.33. The molecule has 0 saturated carbocycles. The van der Waals surface area contributed by atoms with Crippen LogP contribution in [0.1, 0.15) is 38.2 Å². The Bertz CT molecular complexity index is 1160. The molecular formula is C24H28ClN3O4S. The van der Waals surface area contributed by atoms with Crippen LogP contribution in [-0.2, 0) is 26.0 Å². The fraction of sp³-hybridized carbons (Fsp3) is 0.417. The lowest BCUT2D eigenvalue weighted by Crippen LogP contribution is -2.41. The van der Waals surface area contributed by atoms with Crippen LogP contribution in [0, 0.1) is 5.92 Å². The highest BCUT2D eigenvalue weighted by Crippen LogP contribution is 2.32. The summed E-state index contributed by atoms with van der Waals surface area (Å²) in [7, 11) is -3.67. The number of piperidine rings is 1. The number of anilines is 2. The van der Waals surface area contributed by atoms with Gasteiger partial charge < -0.3 is 10.2 Å². The van der Waals surface area contributed by atoms with Gasteiger partial charge in [0, 0.05) is 48.4 Å². The van der Waals surface area contributed by atoms with Crippen LogP contribution in [0.15, 0.2) is 47.4 Å². The fourth-order valence-corrected chi connectivity index (χ4v) is 6.21. The topological polar surface area (TPSA) is 86.8 Å². The fourth-order valence-electron chi connectivity index (χ4n) is 4.50. The third-order valence-corrected chi connectivity index (χ3v) is 8.46. The first-order valence-electron chi connectivity index (χ1n) is 11.3. The van der Waals surface area contributed by atoms with Crippen molar-refractivity contribution in [2.24, 2.45) is 5.92 Å². The Morgan fingerprint density at radius 2 is 1.85 bits per heavy atom. The summed E-state index contributed by atoms with van der Waals surface area (Å²) in [6, 6.07) is 12.0. The van der Waals surface area contributed by atoms with Crippen LogP contribution in [0.4, 0.5) is 11.4 Å². The van der Waals surface area contributed by atoms with Gasteiger partial charge in [0.25, 0.3) is 0 Å². The summed E-state index contributed by atoms with van der Waals surface area (Å²) in [4.78, 5) is 26.9. The number of carbonyl (C=O) groups excluding carboxylic acids is 2. The second-order valence-corrected chi connectivity index (χ2v) is 10.8. The summed E-state index contributed by atoms with van der Waals surface area (Å²) in [6.07, 6.45) is 2.89. The van der Waals surface area contributed by atoms with Crippen LogP contribution in [0.2, 0.25) is 5.02 Å². The summed E-state index contributed by atoms with van der Waals surface area (Å²) >= 11 is 5.97. The number of fused-ring (bicyclic) bond motifs is 1. The van der Waals surface area contributed by atoms with E-state index in [4.69, 9.17) is 11.6 Å². The maximum atomic E-state index is 13.3. The summed E-state index contributed by atoms with van der Waals surface area (Å²) < 4.78 is 28.0. The first-order chi connectivity index (χ1) is 15.8. The van der Waals surface area contributed by atoms with E-state index in [0.29, 0.717) is 36.5 Å². The molecule has 2 heterocycles. The van der Waals surface area contributed by atoms with Gasteiger partial charge in [-0.25, -0.2) is 8.42 Å². The van der Waals surface area contributed by atoms with Crippen molar-refractivity contribution in [2.45, 2.75) is 43.9 Å². The molecule has 0 aliphatic carbocycles. The molecule has 2 aromatic carbocycles. The molecule has 0 atom stereocenters. The van der Waals surface area contributed by atoms with Crippen molar-refractivity contribution in [3.8, 4) is 0 Å². The third kappa shape index (κ3) is 5.08. The number of benzene rings is 2. The molecule has 2 aliphatic rings. The van der Waals surface area contributed by atoms with Crippen molar-refractivity contribution in [3.05, 3.63) is 53.1 Å². The third-order valence-electron chi connectivity index (χ3n) is 6.33. The maximum Gasteiger partial charge on any atom is 0.243 e. The van der Waals surface area contributed by atoms with E-state index in [-0.39, 0.29) is 35.7 Å². The van der Waals surface area contributed by atoms with Crippen LogP contribution < -0.4 is 10.2 Å².